The average molecular weight is 274 g/mol. The van der Waals surface area contributed by atoms with Crippen LogP contribution in [0.1, 0.15) is 67.7 Å². The third kappa shape index (κ3) is 8.83. The van der Waals surface area contributed by atoms with Gasteiger partial charge in [-0.2, -0.15) is 0 Å². The standard InChI is InChI=1S/C9H17N2P.3C2H6/c1-2-3-6-7(10)4-5-8(12)9(6)11;3*1-2/h3,8-10H,2,4-5,11-12H2,1H3;3*1-2H3/b6-3+,10-7?;;;. The summed E-state index contributed by atoms with van der Waals surface area (Å²) in [5.74, 6) is 0. The molecule has 18 heavy (non-hydrogen) atoms. The van der Waals surface area contributed by atoms with E-state index in [1.54, 1.807) is 0 Å². The highest BCUT2D eigenvalue weighted by atomic mass is 31.0. The van der Waals surface area contributed by atoms with Crippen molar-refractivity contribution >= 4 is 15.0 Å². The molecule has 0 aromatic rings. The van der Waals surface area contributed by atoms with Gasteiger partial charge in [-0.15, -0.1) is 9.24 Å². The highest BCUT2D eigenvalue weighted by Crippen LogP contribution is 2.25. The van der Waals surface area contributed by atoms with Crippen LogP contribution in [0.2, 0.25) is 0 Å². The summed E-state index contributed by atoms with van der Waals surface area (Å²) in [7, 11) is 2.77. The number of nitrogens with two attached hydrogens (primary N) is 1. The number of nitrogens with one attached hydrogen (secondary N) is 1. The highest BCUT2D eigenvalue weighted by Gasteiger charge is 2.25. The van der Waals surface area contributed by atoms with Gasteiger partial charge in [-0.1, -0.05) is 54.5 Å². The van der Waals surface area contributed by atoms with Crippen LogP contribution in [0.4, 0.5) is 0 Å². The smallest absolute Gasteiger partial charge is 0.0373 e. The minimum atomic E-state index is 0.0659. The first-order valence-corrected chi connectivity index (χ1v) is 8.12. The van der Waals surface area contributed by atoms with Crippen molar-refractivity contribution in [1.82, 2.24) is 0 Å². The van der Waals surface area contributed by atoms with Crippen molar-refractivity contribution in [2.45, 2.75) is 79.4 Å². The predicted octanol–water partition coefficient (Wildman–Crippen LogP) is 4.79. The van der Waals surface area contributed by atoms with Gasteiger partial charge in [0.15, 0.2) is 0 Å². The van der Waals surface area contributed by atoms with Gasteiger partial charge in [0.25, 0.3) is 0 Å². The molecule has 2 nitrogen and oxygen atoms in total. The molecule has 3 atom stereocenters. The van der Waals surface area contributed by atoms with Crippen LogP contribution in [0, 0.1) is 5.41 Å². The van der Waals surface area contributed by atoms with Gasteiger partial charge in [-0.05, 0) is 30.5 Å². The minimum Gasteiger partial charge on any atom is -0.323 e. The lowest BCUT2D eigenvalue weighted by molar-refractivity contribution is 0.654. The summed E-state index contributed by atoms with van der Waals surface area (Å²) in [5, 5.41) is 7.71. The fourth-order valence-corrected chi connectivity index (χ4v) is 1.92. The zero-order valence-electron chi connectivity index (χ0n) is 13.5. The molecule has 0 radical (unpaired) electrons. The van der Waals surface area contributed by atoms with E-state index < -0.39 is 0 Å². The molecule has 1 aliphatic carbocycles. The van der Waals surface area contributed by atoms with E-state index in [-0.39, 0.29) is 6.04 Å². The molecule has 1 fully saturated rings. The quantitative estimate of drug-likeness (QED) is 0.664. The van der Waals surface area contributed by atoms with Crippen LogP contribution in [-0.4, -0.2) is 17.4 Å². The molecule has 3 heteroatoms. The van der Waals surface area contributed by atoms with Crippen molar-refractivity contribution in [2.24, 2.45) is 5.73 Å². The van der Waals surface area contributed by atoms with E-state index in [9.17, 15) is 0 Å². The number of hydrogen-bond donors (Lipinski definition) is 2. The van der Waals surface area contributed by atoms with E-state index in [4.69, 9.17) is 11.1 Å². The largest absolute Gasteiger partial charge is 0.323 e. The van der Waals surface area contributed by atoms with Crippen LogP contribution in [-0.2, 0) is 0 Å². The van der Waals surface area contributed by atoms with Crippen LogP contribution in [0.25, 0.3) is 0 Å². The maximum Gasteiger partial charge on any atom is 0.0373 e. The molecule has 1 rings (SSSR count). The van der Waals surface area contributed by atoms with Gasteiger partial charge in [0.05, 0.1) is 0 Å². The fourth-order valence-electron chi connectivity index (χ4n) is 1.55. The first-order valence-electron chi connectivity index (χ1n) is 7.45. The third-order valence-corrected chi connectivity index (χ3v) is 3.07. The second-order valence-corrected chi connectivity index (χ2v) is 4.13. The lowest BCUT2D eigenvalue weighted by Gasteiger charge is -2.28. The fraction of sp³-hybridized carbons (Fsp3) is 0.800. The Kier molecular flexibility index (Phi) is 21.4. The molecule has 0 amide bonds. The van der Waals surface area contributed by atoms with Crippen LogP contribution in [0.5, 0.6) is 0 Å². The Balaban J connectivity index is -0.000000328. The molecule has 0 aromatic carbocycles. The molecule has 1 aliphatic rings. The molecule has 0 bridgehead atoms. The highest BCUT2D eigenvalue weighted by molar-refractivity contribution is 7.17. The first-order chi connectivity index (χ1) is 8.66. The predicted molar refractivity (Wildman–Crippen MR) is 90.9 cm³/mol. The van der Waals surface area contributed by atoms with Crippen molar-refractivity contribution in [2.75, 3.05) is 0 Å². The Bertz CT molecular complexity index is 213. The Morgan fingerprint density at radius 3 is 2.06 bits per heavy atom. The molecular weight excluding hydrogens is 239 g/mol. The Labute approximate surface area is 118 Å². The molecule has 1 saturated carbocycles. The van der Waals surface area contributed by atoms with Crippen LogP contribution < -0.4 is 5.73 Å². The zero-order chi connectivity index (χ0) is 15.1. The van der Waals surface area contributed by atoms with Gasteiger partial charge >= 0.3 is 0 Å². The van der Waals surface area contributed by atoms with E-state index in [0.29, 0.717) is 5.66 Å². The molecular formula is C15H35N2P. The average Bonchev–Trinajstić information content (AvgIpc) is 2.46. The minimum absolute atomic E-state index is 0.0659. The van der Waals surface area contributed by atoms with E-state index in [2.05, 4.69) is 22.2 Å². The van der Waals surface area contributed by atoms with Crippen molar-refractivity contribution in [3.8, 4) is 0 Å². The van der Waals surface area contributed by atoms with Gasteiger partial charge in [-0.3, -0.25) is 0 Å². The number of rotatable bonds is 1. The molecule has 0 aliphatic heterocycles. The lowest BCUT2D eigenvalue weighted by Crippen LogP contribution is -2.39. The second kappa shape index (κ2) is 16.8. The Morgan fingerprint density at radius 1 is 1.22 bits per heavy atom. The molecule has 110 valence electrons. The molecule has 0 spiro atoms. The van der Waals surface area contributed by atoms with E-state index in [1.807, 2.05) is 41.5 Å². The molecule has 0 aromatic heterocycles. The van der Waals surface area contributed by atoms with Crippen LogP contribution >= 0.6 is 9.24 Å². The Morgan fingerprint density at radius 2 is 1.67 bits per heavy atom. The van der Waals surface area contributed by atoms with E-state index in [1.165, 1.54) is 0 Å². The molecule has 3 N–H and O–H groups in total. The number of hydrogen-bond acceptors (Lipinski definition) is 2. The lowest BCUT2D eigenvalue weighted by atomic mass is 9.87. The summed E-state index contributed by atoms with van der Waals surface area (Å²) >= 11 is 0. The molecule has 3 unspecified atom stereocenters. The third-order valence-electron chi connectivity index (χ3n) is 2.32. The SMILES string of the molecule is CC.CC.CC.CC/C=C1\C(=N)CCC(P)C1N. The van der Waals surface area contributed by atoms with Gasteiger partial charge in [-0.25, -0.2) is 0 Å². The monoisotopic (exact) mass is 274 g/mol. The van der Waals surface area contributed by atoms with Gasteiger partial charge in [0.2, 0.25) is 0 Å². The molecule has 0 saturated heterocycles. The van der Waals surface area contributed by atoms with Crippen molar-refractivity contribution < 1.29 is 0 Å². The summed E-state index contributed by atoms with van der Waals surface area (Å²) in [6.45, 7) is 14.1. The summed E-state index contributed by atoms with van der Waals surface area (Å²) in [4.78, 5) is 0. The normalized spacial score (nSPS) is 23.8. The van der Waals surface area contributed by atoms with Gasteiger partial charge in [0.1, 0.15) is 0 Å². The summed E-state index contributed by atoms with van der Waals surface area (Å²) in [6.07, 6.45) is 4.98. The second-order valence-electron chi connectivity index (χ2n) is 3.27. The van der Waals surface area contributed by atoms with Gasteiger partial charge in [0, 0.05) is 11.8 Å². The van der Waals surface area contributed by atoms with E-state index in [0.717, 1.165) is 30.5 Å². The zero-order valence-corrected chi connectivity index (χ0v) is 14.7. The van der Waals surface area contributed by atoms with Crippen LogP contribution in [0.15, 0.2) is 11.6 Å². The summed E-state index contributed by atoms with van der Waals surface area (Å²) in [6, 6.07) is 0.0659. The Hall–Kier alpha value is -0.200. The maximum atomic E-state index is 7.71. The van der Waals surface area contributed by atoms with E-state index >= 15 is 0 Å². The summed E-state index contributed by atoms with van der Waals surface area (Å²) < 4.78 is 0. The van der Waals surface area contributed by atoms with Crippen molar-refractivity contribution in [3.05, 3.63) is 11.6 Å². The van der Waals surface area contributed by atoms with Crippen molar-refractivity contribution in [3.63, 3.8) is 0 Å². The molecule has 0 heterocycles. The first kappa shape index (κ1) is 22.9. The topological polar surface area (TPSA) is 49.9 Å². The number of allylic oxidation sites excluding steroid dienone is 1. The van der Waals surface area contributed by atoms with Gasteiger partial charge < -0.3 is 11.1 Å². The van der Waals surface area contributed by atoms with Crippen molar-refractivity contribution in [1.29, 1.82) is 5.41 Å². The summed E-state index contributed by atoms with van der Waals surface area (Å²) in [5.41, 5.74) is 8.22. The van der Waals surface area contributed by atoms with Crippen LogP contribution in [0.3, 0.4) is 0 Å². The maximum absolute atomic E-state index is 7.71.